The molecular weight excluding hydrogens is 442 g/mol. The molecule has 0 bridgehead atoms. The van der Waals surface area contributed by atoms with Gasteiger partial charge in [-0.2, -0.15) is 5.10 Å². The monoisotopic (exact) mass is 479 g/mol. The van der Waals surface area contributed by atoms with Crippen LogP contribution in [0.4, 0.5) is 0 Å². The molecule has 0 amide bonds. The molecule has 0 aliphatic heterocycles. The molecule has 0 spiro atoms. The van der Waals surface area contributed by atoms with Gasteiger partial charge in [-0.1, -0.05) is 32.1 Å². The molecule has 1 atom stereocenters. The van der Waals surface area contributed by atoms with Gasteiger partial charge in [0.05, 0.1) is 36.8 Å². The van der Waals surface area contributed by atoms with Crippen LogP contribution in [-0.2, 0) is 13.0 Å². The number of hydrogen-bond donors (Lipinski definition) is 1. The lowest BCUT2D eigenvalue weighted by Gasteiger charge is -2.29. The molecule has 0 aliphatic rings. The predicted octanol–water partition coefficient (Wildman–Crippen LogP) is 5.39. The summed E-state index contributed by atoms with van der Waals surface area (Å²) in [6.07, 6.45) is 3.27. The number of methoxy groups -OCH3 is 2. The second kappa shape index (κ2) is 11.9. The first-order chi connectivity index (χ1) is 16.8. The summed E-state index contributed by atoms with van der Waals surface area (Å²) in [5.74, 6) is 2.63. The van der Waals surface area contributed by atoms with Gasteiger partial charge in [0.2, 0.25) is 5.88 Å². The molecule has 1 heterocycles. The van der Waals surface area contributed by atoms with Crippen molar-refractivity contribution in [2.24, 2.45) is 0 Å². The molecule has 0 radical (unpaired) electrons. The zero-order valence-corrected chi connectivity index (χ0v) is 21.5. The lowest BCUT2D eigenvalue weighted by molar-refractivity contribution is 0.0584. The van der Waals surface area contributed by atoms with Gasteiger partial charge in [0.15, 0.2) is 11.5 Å². The molecular formula is C28H37N3O4. The minimum Gasteiger partial charge on any atom is -0.497 e. The van der Waals surface area contributed by atoms with Gasteiger partial charge in [-0.15, -0.1) is 6.58 Å². The molecule has 0 fully saturated rings. The Morgan fingerprint density at radius 3 is 2.31 bits per heavy atom. The van der Waals surface area contributed by atoms with Crippen molar-refractivity contribution in [2.75, 3.05) is 27.3 Å². The van der Waals surface area contributed by atoms with Crippen LogP contribution in [0.2, 0.25) is 0 Å². The second-order valence-electron chi connectivity index (χ2n) is 8.72. The highest BCUT2D eigenvalue weighted by Gasteiger charge is 2.26. The van der Waals surface area contributed by atoms with E-state index >= 15 is 0 Å². The molecule has 0 saturated carbocycles. The zero-order valence-electron chi connectivity index (χ0n) is 21.5. The van der Waals surface area contributed by atoms with Crippen LogP contribution in [0.15, 0.2) is 61.2 Å². The van der Waals surface area contributed by atoms with Gasteiger partial charge in [-0.3, -0.25) is 4.90 Å². The molecule has 7 nitrogen and oxygen atoms in total. The van der Waals surface area contributed by atoms with Crippen LogP contribution in [0.1, 0.15) is 38.4 Å². The van der Waals surface area contributed by atoms with Gasteiger partial charge >= 0.3 is 0 Å². The average molecular weight is 480 g/mol. The van der Waals surface area contributed by atoms with E-state index in [2.05, 4.69) is 25.3 Å². The SMILES string of the molecule is C=CC(C)(O)CN(CCC)Cc1c(CC)nn(-c2ccc(OC)cc2)c1Oc1ccccc1OC. The fourth-order valence-corrected chi connectivity index (χ4v) is 4.00. The third-order valence-electron chi connectivity index (χ3n) is 5.85. The van der Waals surface area contributed by atoms with E-state index < -0.39 is 5.60 Å². The molecule has 0 saturated heterocycles. The van der Waals surface area contributed by atoms with E-state index in [1.165, 1.54) is 0 Å². The van der Waals surface area contributed by atoms with Crippen LogP contribution < -0.4 is 14.2 Å². The smallest absolute Gasteiger partial charge is 0.227 e. The van der Waals surface area contributed by atoms with Crippen molar-refractivity contribution >= 4 is 0 Å². The number of aromatic nitrogens is 2. The van der Waals surface area contributed by atoms with Gasteiger partial charge in [-0.05, 0) is 62.7 Å². The first-order valence-electron chi connectivity index (χ1n) is 12.0. The first kappa shape index (κ1) is 26.3. The Labute approximate surface area is 208 Å². The molecule has 7 heteroatoms. The van der Waals surface area contributed by atoms with Gasteiger partial charge in [0.25, 0.3) is 0 Å². The van der Waals surface area contributed by atoms with Crippen LogP contribution in [0.5, 0.6) is 23.1 Å². The van der Waals surface area contributed by atoms with Crippen molar-refractivity contribution in [1.82, 2.24) is 14.7 Å². The summed E-state index contributed by atoms with van der Waals surface area (Å²) in [7, 11) is 3.27. The normalized spacial score (nSPS) is 12.9. The molecule has 1 aromatic heterocycles. The lowest BCUT2D eigenvalue weighted by Crippen LogP contribution is -2.39. The second-order valence-corrected chi connectivity index (χ2v) is 8.72. The standard InChI is InChI=1S/C28H37N3O4/c1-7-18-30(20-28(4,32)9-3)19-23-24(8-2)29-31(21-14-16-22(33-5)17-15-21)27(23)35-26-13-11-10-12-25(26)34-6/h9-17,32H,3,7-8,18-20H2,1-2,4-6H3. The maximum atomic E-state index is 10.7. The van der Waals surface area contributed by atoms with Crippen molar-refractivity contribution in [2.45, 2.75) is 45.8 Å². The number of hydrogen-bond acceptors (Lipinski definition) is 6. The Kier molecular flexibility index (Phi) is 8.95. The van der Waals surface area contributed by atoms with Gasteiger partial charge in [0, 0.05) is 13.1 Å². The third-order valence-corrected chi connectivity index (χ3v) is 5.85. The third kappa shape index (κ3) is 6.44. The summed E-state index contributed by atoms with van der Waals surface area (Å²) in [6.45, 7) is 11.6. The maximum absolute atomic E-state index is 10.7. The van der Waals surface area contributed by atoms with Crippen LogP contribution in [-0.4, -0.2) is 52.7 Å². The number of aliphatic hydroxyl groups is 1. The largest absolute Gasteiger partial charge is 0.497 e. The van der Waals surface area contributed by atoms with Crippen molar-refractivity contribution in [3.63, 3.8) is 0 Å². The fraction of sp³-hybridized carbons (Fsp3) is 0.393. The first-order valence-corrected chi connectivity index (χ1v) is 12.0. The van der Waals surface area contributed by atoms with Gasteiger partial charge in [0.1, 0.15) is 5.75 Å². The molecule has 35 heavy (non-hydrogen) atoms. The van der Waals surface area contributed by atoms with E-state index in [1.807, 2.05) is 53.2 Å². The number of para-hydroxylation sites is 2. The van der Waals surface area contributed by atoms with Crippen molar-refractivity contribution in [1.29, 1.82) is 0 Å². The summed E-state index contributed by atoms with van der Waals surface area (Å²) in [4.78, 5) is 2.21. The number of aryl methyl sites for hydroxylation is 1. The minimum absolute atomic E-state index is 0.454. The zero-order chi connectivity index (χ0) is 25.4. The van der Waals surface area contributed by atoms with E-state index in [9.17, 15) is 5.11 Å². The predicted molar refractivity (Wildman–Crippen MR) is 139 cm³/mol. The Hall–Kier alpha value is -3.29. The molecule has 0 aliphatic carbocycles. The Bertz CT molecular complexity index is 1110. The van der Waals surface area contributed by atoms with Crippen LogP contribution in [0.3, 0.4) is 0 Å². The Balaban J connectivity index is 2.13. The summed E-state index contributed by atoms with van der Waals surface area (Å²) in [5, 5.41) is 15.6. The average Bonchev–Trinajstić information content (AvgIpc) is 3.21. The molecule has 3 rings (SSSR count). The Morgan fingerprint density at radius 1 is 1.06 bits per heavy atom. The molecule has 2 aromatic carbocycles. The number of benzene rings is 2. The van der Waals surface area contributed by atoms with Crippen molar-refractivity contribution in [3.05, 3.63) is 72.4 Å². The van der Waals surface area contributed by atoms with Gasteiger partial charge < -0.3 is 19.3 Å². The molecule has 3 aromatic rings. The highest BCUT2D eigenvalue weighted by Crippen LogP contribution is 2.36. The van der Waals surface area contributed by atoms with Crippen molar-refractivity contribution in [3.8, 4) is 28.8 Å². The van der Waals surface area contributed by atoms with Gasteiger partial charge in [-0.25, -0.2) is 4.68 Å². The maximum Gasteiger partial charge on any atom is 0.227 e. The molecule has 1 N–H and O–H groups in total. The highest BCUT2D eigenvalue weighted by atomic mass is 16.5. The molecule has 1 unspecified atom stereocenters. The fourth-order valence-electron chi connectivity index (χ4n) is 4.00. The summed E-state index contributed by atoms with van der Waals surface area (Å²) < 4.78 is 19.2. The van der Waals surface area contributed by atoms with Crippen LogP contribution in [0.25, 0.3) is 5.69 Å². The highest BCUT2D eigenvalue weighted by molar-refractivity contribution is 5.48. The van der Waals surface area contributed by atoms with Crippen molar-refractivity contribution < 1.29 is 19.3 Å². The number of rotatable bonds is 13. The summed E-state index contributed by atoms with van der Waals surface area (Å²) in [6, 6.07) is 15.3. The minimum atomic E-state index is -1.00. The quantitative estimate of drug-likeness (QED) is 0.331. The van der Waals surface area contributed by atoms with E-state index in [4.69, 9.17) is 19.3 Å². The van der Waals surface area contributed by atoms with E-state index in [0.717, 1.165) is 42.1 Å². The van der Waals surface area contributed by atoms with Crippen LogP contribution in [0, 0.1) is 0 Å². The number of ether oxygens (including phenoxy) is 3. The van der Waals surface area contributed by atoms with E-state index in [1.54, 1.807) is 27.2 Å². The summed E-state index contributed by atoms with van der Waals surface area (Å²) >= 11 is 0. The Morgan fingerprint density at radius 2 is 1.74 bits per heavy atom. The lowest BCUT2D eigenvalue weighted by atomic mass is 10.1. The topological polar surface area (TPSA) is 69.0 Å². The van der Waals surface area contributed by atoms with E-state index in [-0.39, 0.29) is 0 Å². The van der Waals surface area contributed by atoms with E-state index in [0.29, 0.717) is 30.5 Å². The molecule has 188 valence electrons. The number of nitrogens with zero attached hydrogens (tertiary/aromatic N) is 3. The summed E-state index contributed by atoms with van der Waals surface area (Å²) in [5.41, 5.74) is 1.77. The van der Waals surface area contributed by atoms with Crippen LogP contribution >= 0.6 is 0 Å².